The van der Waals surface area contributed by atoms with E-state index in [9.17, 15) is 49.8 Å². The minimum Gasteiger partial charge on any atom is -0.507 e. The number of carbonyl (C=O) groups is 4. The Hall–Kier alpha value is -5.14. The van der Waals surface area contributed by atoms with Gasteiger partial charge in [0.05, 0.1) is 36.5 Å². The number of amides is 1. The standard InChI is InChI=1S/C29H25NO12/c1-8-5-11-16(23(34)14(8)28(38)30-9(2)29(39)40)17-19(26(37)22(11)33)27(42-4)20-18(25(17)36)21(32)12-6-10(41-3)7-13(31)15(12)24(20)35/h5-7,9,22,26,31,33-34,36-37H,1-4H3,(H,30,38)(H,39,40)/t9-,22+,26+/m1/s1. The summed E-state index contributed by atoms with van der Waals surface area (Å²) in [6, 6.07) is 2.24. The molecule has 3 aromatic rings. The van der Waals surface area contributed by atoms with Crippen molar-refractivity contribution in [2.75, 3.05) is 14.2 Å². The number of carboxylic acids is 1. The molecule has 13 heteroatoms. The number of rotatable bonds is 5. The van der Waals surface area contributed by atoms with Crippen LogP contribution in [0.2, 0.25) is 0 Å². The van der Waals surface area contributed by atoms with E-state index < -0.39 is 92.5 Å². The molecule has 0 radical (unpaired) electrons. The average Bonchev–Trinajstić information content (AvgIpc) is 2.93. The number of carbonyl (C=O) groups excluding carboxylic acids is 3. The number of aliphatic carboxylic acids is 1. The van der Waals surface area contributed by atoms with Gasteiger partial charge in [-0.25, -0.2) is 0 Å². The van der Waals surface area contributed by atoms with E-state index in [-0.39, 0.29) is 33.6 Å². The molecule has 0 spiro atoms. The van der Waals surface area contributed by atoms with E-state index in [1.807, 2.05) is 0 Å². The third kappa shape index (κ3) is 3.78. The van der Waals surface area contributed by atoms with Crippen LogP contribution in [0.1, 0.15) is 78.0 Å². The molecule has 0 saturated heterocycles. The van der Waals surface area contributed by atoms with Crippen LogP contribution in [-0.2, 0) is 4.79 Å². The van der Waals surface area contributed by atoms with Gasteiger partial charge in [0, 0.05) is 28.3 Å². The van der Waals surface area contributed by atoms with Gasteiger partial charge < -0.3 is 45.4 Å². The highest BCUT2D eigenvalue weighted by molar-refractivity contribution is 6.32. The van der Waals surface area contributed by atoms with E-state index in [2.05, 4.69) is 5.32 Å². The maximum atomic E-state index is 13.8. The smallest absolute Gasteiger partial charge is 0.325 e. The molecular formula is C29H25NO12. The number of hydrogen-bond acceptors (Lipinski definition) is 11. The summed E-state index contributed by atoms with van der Waals surface area (Å²) in [6.45, 7) is 2.61. The molecule has 2 aliphatic carbocycles. The normalized spacial score (nSPS) is 17.4. The van der Waals surface area contributed by atoms with E-state index in [0.29, 0.717) is 0 Å². The fourth-order valence-electron chi connectivity index (χ4n) is 5.58. The van der Waals surface area contributed by atoms with Crippen LogP contribution in [0.25, 0.3) is 11.1 Å². The summed E-state index contributed by atoms with van der Waals surface area (Å²) in [4.78, 5) is 51.8. The summed E-state index contributed by atoms with van der Waals surface area (Å²) in [5.41, 5.74) is -3.30. The minimum absolute atomic E-state index is 0.0449. The molecule has 3 aromatic carbocycles. The lowest BCUT2D eigenvalue weighted by atomic mass is 9.73. The lowest BCUT2D eigenvalue weighted by Crippen LogP contribution is -2.38. The summed E-state index contributed by atoms with van der Waals surface area (Å²) >= 11 is 0. The number of benzene rings is 3. The Morgan fingerprint density at radius 3 is 2.12 bits per heavy atom. The third-order valence-electron chi connectivity index (χ3n) is 7.56. The van der Waals surface area contributed by atoms with Crippen LogP contribution in [0.4, 0.5) is 0 Å². The number of ether oxygens (including phenoxy) is 2. The van der Waals surface area contributed by atoms with E-state index >= 15 is 0 Å². The highest BCUT2D eigenvalue weighted by Gasteiger charge is 2.46. The number of methoxy groups -OCH3 is 2. The number of aliphatic hydroxyl groups is 2. The number of aryl methyl sites for hydroxylation is 1. The highest BCUT2D eigenvalue weighted by atomic mass is 16.5. The molecule has 1 amide bonds. The van der Waals surface area contributed by atoms with Crippen LogP contribution < -0.4 is 14.8 Å². The van der Waals surface area contributed by atoms with Crippen LogP contribution in [0, 0.1) is 6.92 Å². The molecule has 13 nitrogen and oxygen atoms in total. The molecule has 2 aliphatic rings. The lowest BCUT2D eigenvalue weighted by molar-refractivity contribution is -0.138. The molecule has 218 valence electrons. The van der Waals surface area contributed by atoms with Gasteiger partial charge in [0.25, 0.3) is 5.91 Å². The van der Waals surface area contributed by atoms with E-state index in [1.54, 1.807) is 0 Å². The summed E-state index contributed by atoms with van der Waals surface area (Å²) < 4.78 is 10.5. The second kappa shape index (κ2) is 9.75. The SMILES string of the molecule is COc1cc(O)c2c(c1)C(=O)c1c(O)c3c(c(OC)c1C2=O)[C@H](O)[C@@H](O)c1cc(C)c(C(=O)N[C@H](C)C(=O)O)c(O)c1-3. The van der Waals surface area contributed by atoms with E-state index in [4.69, 9.17) is 9.47 Å². The van der Waals surface area contributed by atoms with Crippen molar-refractivity contribution in [2.24, 2.45) is 0 Å². The second-order valence-electron chi connectivity index (χ2n) is 9.95. The molecular weight excluding hydrogens is 554 g/mol. The zero-order valence-corrected chi connectivity index (χ0v) is 22.6. The van der Waals surface area contributed by atoms with E-state index in [0.717, 1.165) is 13.2 Å². The van der Waals surface area contributed by atoms with Gasteiger partial charge >= 0.3 is 5.97 Å². The first-order valence-corrected chi connectivity index (χ1v) is 12.5. The van der Waals surface area contributed by atoms with Crippen LogP contribution in [-0.4, -0.2) is 74.3 Å². The third-order valence-corrected chi connectivity index (χ3v) is 7.56. The average molecular weight is 580 g/mol. The molecule has 0 fully saturated rings. The fraction of sp³-hybridized carbons (Fsp3) is 0.241. The Bertz CT molecular complexity index is 1760. The molecule has 3 atom stereocenters. The molecule has 0 aliphatic heterocycles. The maximum absolute atomic E-state index is 13.8. The molecule has 42 heavy (non-hydrogen) atoms. The topological polar surface area (TPSA) is 220 Å². The first-order chi connectivity index (χ1) is 19.8. The quantitative estimate of drug-likeness (QED) is 0.180. The van der Waals surface area contributed by atoms with Gasteiger partial charge in [-0.15, -0.1) is 0 Å². The maximum Gasteiger partial charge on any atom is 0.325 e. The minimum atomic E-state index is -1.85. The fourth-order valence-corrected chi connectivity index (χ4v) is 5.58. The largest absolute Gasteiger partial charge is 0.507 e. The molecule has 0 heterocycles. The molecule has 0 unspecified atom stereocenters. The molecule has 0 saturated carbocycles. The Morgan fingerprint density at radius 2 is 1.52 bits per heavy atom. The molecule has 5 rings (SSSR count). The number of phenols is 3. The van der Waals surface area contributed by atoms with Gasteiger partial charge in [-0.1, -0.05) is 6.07 Å². The summed E-state index contributed by atoms with van der Waals surface area (Å²) in [6.07, 6.45) is -3.62. The van der Waals surface area contributed by atoms with Crippen molar-refractivity contribution in [3.05, 3.63) is 62.7 Å². The Kier molecular flexibility index (Phi) is 6.59. The Balaban J connectivity index is 1.86. The Labute approximate surface area is 237 Å². The van der Waals surface area contributed by atoms with Crippen LogP contribution in [0.15, 0.2) is 18.2 Å². The van der Waals surface area contributed by atoms with Crippen LogP contribution in [0.5, 0.6) is 28.7 Å². The van der Waals surface area contributed by atoms with E-state index in [1.165, 1.54) is 33.1 Å². The number of fused-ring (bicyclic) bond motifs is 5. The van der Waals surface area contributed by atoms with Crippen LogP contribution in [0.3, 0.4) is 0 Å². The number of nitrogens with one attached hydrogen (secondary N) is 1. The molecule has 0 bridgehead atoms. The summed E-state index contributed by atoms with van der Waals surface area (Å²) in [7, 11) is 2.39. The van der Waals surface area contributed by atoms with Gasteiger partial charge in [0.2, 0.25) is 5.78 Å². The zero-order valence-electron chi connectivity index (χ0n) is 22.6. The van der Waals surface area contributed by atoms with Gasteiger partial charge in [-0.3, -0.25) is 19.2 Å². The summed E-state index contributed by atoms with van der Waals surface area (Å²) in [5.74, 6) is -6.81. The zero-order chi connectivity index (χ0) is 30.9. The monoisotopic (exact) mass is 579 g/mol. The number of carboxylic acid groups (broad SMARTS) is 1. The lowest BCUT2D eigenvalue weighted by Gasteiger charge is -2.34. The second-order valence-corrected chi connectivity index (χ2v) is 9.95. The number of hydrogen-bond donors (Lipinski definition) is 7. The van der Waals surface area contributed by atoms with Gasteiger partial charge in [-0.05, 0) is 31.0 Å². The first kappa shape index (κ1) is 28.4. The first-order valence-electron chi connectivity index (χ1n) is 12.5. The van der Waals surface area contributed by atoms with Crippen molar-refractivity contribution >= 4 is 23.4 Å². The number of aromatic hydroxyl groups is 3. The van der Waals surface area contributed by atoms with Gasteiger partial charge in [0.1, 0.15) is 47.0 Å². The van der Waals surface area contributed by atoms with Crippen molar-refractivity contribution in [3.63, 3.8) is 0 Å². The predicted molar refractivity (Wildman–Crippen MR) is 143 cm³/mol. The van der Waals surface area contributed by atoms with Gasteiger partial charge in [-0.2, -0.15) is 0 Å². The van der Waals surface area contributed by atoms with Gasteiger partial charge in [0.15, 0.2) is 5.78 Å². The van der Waals surface area contributed by atoms with Crippen molar-refractivity contribution < 1.29 is 59.3 Å². The number of ketones is 2. The van der Waals surface area contributed by atoms with Crippen molar-refractivity contribution in [1.82, 2.24) is 5.32 Å². The van der Waals surface area contributed by atoms with Crippen molar-refractivity contribution in [1.29, 1.82) is 0 Å². The Morgan fingerprint density at radius 1 is 0.857 bits per heavy atom. The molecule has 0 aromatic heterocycles. The van der Waals surface area contributed by atoms with Crippen LogP contribution >= 0.6 is 0 Å². The van der Waals surface area contributed by atoms with Crippen molar-refractivity contribution in [3.8, 4) is 39.9 Å². The summed E-state index contributed by atoms with van der Waals surface area (Å²) in [5, 5.41) is 67.3. The highest BCUT2D eigenvalue weighted by Crippen LogP contribution is 2.58. The molecule has 7 N–H and O–H groups in total. The number of phenolic OH excluding ortho intramolecular Hbond substituents is 3. The van der Waals surface area contributed by atoms with Crippen molar-refractivity contribution in [2.45, 2.75) is 32.1 Å². The predicted octanol–water partition coefficient (Wildman–Crippen LogP) is 1.85. The number of aliphatic hydroxyl groups excluding tert-OH is 2.